The van der Waals surface area contributed by atoms with Crippen LogP contribution in [-0.4, -0.2) is 50.8 Å². The Morgan fingerprint density at radius 2 is 1.72 bits per heavy atom. The average molecular weight is 573 g/mol. The molecule has 0 saturated carbocycles. The number of fused-ring (bicyclic) bond motifs is 1. The third-order valence-electron chi connectivity index (χ3n) is 6.93. The number of aromatic nitrogens is 2. The summed E-state index contributed by atoms with van der Waals surface area (Å²) >= 11 is 6.81. The summed E-state index contributed by atoms with van der Waals surface area (Å²) in [5, 5.41) is 3.30. The molecule has 0 unspecified atom stereocenters. The zero-order valence-electron chi connectivity index (χ0n) is 23.8. The zero-order chi connectivity index (χ0) is 28.0. The summed E-state index contributed by atoms with van der Waals surface area (Å²) in [5.74, 6) is 0.350. The van der Waals surface area contributed by atoms with Gasteiger partial charge in [0.15, 0.2) is 0 Å². The van der Waals surface area contributed by atoms with Crippen LogP contribution in [0.1, 0.15) is 95.6 Å². The number of aryl methyl sites for hydroxylation is 1. The molecule has 0 atom stereocenters. The van der Waals surface area contributed by atoms with Gasteiger partial charge in [-0.25, -0.2) is 4.98 Å². The van der Waals surface area contributed by atoms with Crippen molar-refractivity contribution >= 4 is 51.7 Å². The van der Waals surface area contributed by atoms with Gasteiger partial charge in [-0.05, 0) is 44.4 Å². The number of carbonyl (C=O) groups is 1. The van der Waals surface area contributed by atoms with Gasteiger partial charge in [0, 0.05) is 32.5 Å². The first kappa shape index (κ1) is 31.3. The molecular formula is C30H44N4O3S2. The van der Waals surface area contributed by atoms with Crippen molar-refractivity contribution in [2.75, 3.05) is 31.6 Å². The molecule has 0 aliphatic carbocycles. The minimum atomic E-state index is -0.212. The topological polar surface area (TPSA) is 75.9 Å². The van der Waals surface area contributed by atoms with Gasteiger partial charge in [0.1, 0.15) is 15.8 Å². The fourth-order valence-electron chi connectivity index (χ4n) is 4.68. The van der Waals surface area contributed by atoms with Crippen molar-refractivity contribution in [1.82, 2.24) is 14.3 Å². The molecule has 7 nitrogen and oxygen atoms in total. The highest BCUT2D eigenvalue weighted by molar-refractivity contribution is 8.26. The van der Waals surface area contributed by atoms with Gasteiger partial charge >= 0.3 is 0 Å². The average Bonchev–Trinajstić information content (AvgIpc) is 3.19. The first-order chi connectivity index (χ1) is 19.0. The van der Waals surface area contributed by atoms with E-state index in [1.54, 1.807) is 17.2 Å². The van der Waals surface area contributed by atoms with Crippen LogP contribution in [-0.2, 0) is 9.53 Å². The molecule has 39 heavy (non-hydrogen) atoms. The van der Waals surface area contributed by atoms with Crippen molar-refractivity contribution < 1.29 is 9.53 Å². The summed E-state index contributed by atoms with van der Waals surface area (Å²) in [6.07, 6.45) is 16.6. The van der Waals surface area contributed by atoms with Crippen molar-refractivity contribution in [2.24, 2.45) is 0 Å². The van der Waals surface area contributed by atoms with E-state index < -0.39 is 0 Å². The molecule has 9 heteroatoms. The number of carbonyl (C=O) groups excluding carboxylic acids is 1. The number of nitrogens with zero attached hydrogens (tertiary/aromatic N) is 3. The number of hydrogen-bond donors (Lipinski definition) is 1. The van der Waals surface area contributed by atoms with E-state index in [1.807, 2.05) is 26.0 Å². The van der Waals surface area contributed by atoms with Crippen LogP contribution in [0.3, 0.4) is 0 Å². The molecule has 1 aliphatic heterocycles. The summed E-state index contributed by atoms with van der Waals surface area (Å²) in [6.45, 7) is 8.66. The monoisotopic (exact) mass is 572 g/mol. The third-order valence-corrected chi connectivity index (χ3v) is 8.31. The molecule has 0 spiro atoms. The van der Waals surface area contributed by atoms with Gasteiger partial charge in [-0.3, -0.25) is 18.9 Å². The van der Waals surface area contributed by atoms with Gasteiger partial charge < -0.3 is 10.1 Å². The summed E-state index contributed by atoms with van der Waals surface area (Å²) in [6, 6.07) is 3.76. The molecule has 3 heterocycles. The van der Waals surface area contributed by atoms with Gasteiger partial charge in [0.25, 0.3) is 11.5 Å². The third kappa shape index (κ3) is 9.15. The molecular weight excluding hydrogens is 528 g/mol. The molecule has 1 N–H and O–H groups in total. The van der Waals surface area contributed by atoms with Crippen molar-refractivity contribution in [3.8, 4) is 0 Å². The maximum atomic E-state index is 13.5. The highest BCUT2D eigenvalue weighted by Gasteiger charge is 2.32. The summed E-state index contributed by atoms with van der Waals surface area (Å²) < 4.78 is 7.52. The Morgan fingerprint density at radius 3 is 2.41 bits per heavy atom. The minimum absolute atomic E-state index is 0.128. The Morgan fingerprint density at radius 1 is 1.03 bits per heavy atom. The van der Waals surface area contributed by atoms with Gasteiger partial charge in [0.2, 0.25) is 0 Å². The number of thioether (sulfide) groups is 1. The molecule has 1 saturated heterocycles. The lowest BCUT2D eigenvalue weighted by molar-refractivity contribution is -0.122. The minimum Gasteiger partial charge on any atom is -0.382 e. The van der Waals surface area contributed by atoms with Crippen LogP contribution in [0.25, 0.3) is 11.7 Å². The summed E-state index contributed by atoms with van der Waals surface area (Å²) in [4.78, 5) is 33.7. The second-order valence-corrected chi connectivity index (χ2v) is 11.7. The quantitative estimate of drug-likeness (QED) is 0.118. The van der Waals surface area contributed by atoms with Gasteiger partial charge in [-0.2, -0.15) is 0 Å². The number of hydrogen-bond acceptors (Lipinski definition) is 7. The van der Waals surface area contributed by atoms with E-state index in [0.29, 0.717) is 52.6 Å². The summed E-state index contributed by atoms with van der Waals surface area (Å²) in [5.41, 5.74) is 1.66. The number of ether oxygens (including phenoxy) is 1. The van der Waals surface area contributed by atoms with Crippen LogP contribution in [0.15, 0.2) is 28.0 Å². The Kier molecular flexibility index (Phi) is 13.5. The second-order valence-electron chi connectivity index (χ2n) is 10.1. The molecule has 3 rings (SSSR count). The summed E-state index contributed by atoms with van der Waals surface area (Å²) in [7, 11) is 0. The molecule has 1 fully saturated rings. The van der Waals surface area contributed by atoms with E-state index in [2.05, 4.69) is 12.2 Å². The molecule has 0 aromatic carbocycles. The number of thiocarbonyl (C=S) groups is 1. The van der Waals surface area contributed by atoms with Crippen molar-refractivity contribution in [3.63, 3.8) is 0 Å². The molecule has 0 bridgehead atoms. The number of unbranched alkanes of at least 4 members (excludes halogenated alkanes) is 9. The molecule has 2 aromatic heterocycles. The van der Waals surface area contributed by atoms with E-state index >= 15 is 0 Å². The largest absolute Gasteiger partial charge is 0.382 e. The van der Waals surface area contributed by atoms with Crippen molar-refractivity contribution in [2.45, 2.75) is 91.4 Å². The van der Waals surface area contributed by atoms with E-state index in [0.717, 1.165) is 24.8 Å². The van der Waals surface area contributed by atoms with E-state index in [-0.39, 0.29) is 11.5 Å². The van der Waals surface area contributed by atoms with E-state index in [4.69, 9.17) is 21.9 Å². The van der Waals surface area contributed by atoms with Crippen LogP contribution < -0.4 is 10.9 Å². The number of amides is 1. The molecule has 0 radical (unpaired) electrons. The number of anilines is 1. The van der Waals surface area contributed by atoms with Crippen molar-refractivity contribution in [3.05, 3.63) is 44.7 Å². The van der Waals surface area contributed by atoms with E-state index in [9.17, 15) is 9.59 Å². The van der Waals surface area contributed by atoms with Crippen LogP contribution in [0.5, 0.6) is 0 Å². The first-order valence-corrected chi connectivity index (χ1v) is 15.8. The number of nitrogens with one attached hydrogen (secondary N) is 1. The fraction of sp³-hybridized carbons (Fsp3) is 0.600. The normalized spacial score (nSPS) is 14.7. The van der Waals surface area contributed by atoms with Gasteiger partial charge in [-0.15, -0.1) is 0 Å². The zero-order valence-corrected chi connectivity index (χ0v) is 25.4. The van der Waals surface area contributed by atoms with Crippen LogP contribution in [0.2, 0.25) is 0 Å². The Hall–Kier alpha value is -2.23. The first-order valence-electron chi connectivity index (χ1n) is 14.6. The molecule has 1 amide bonds. The second kappa shape index (κ2) is 16.8. The lowest BCUT2D eigenvalue weighted by atomic mass is 10.1. The Bertz CT molecular complexity index is 1190. The lowest BCUT2D eigenvalue weighted by Gasteiger charge is -2.14. The van der Waals surface area contributed by atoms with Gasteiger partial charge in [0.05, 0.1) is 10.5 Å². The fourth-order valence-corrected chi connectivity index (χ4v) is 5.97. The van der Waals surface area contributed by atoms with Crippen molar-refractivity contribution in [1.29, 1.82) is 0 Å². The Balaban J connectivity index is 1.65. The van der Waals surface area contributed by atoms with Crippen LogP contribution >= 0.6 is 24.0 Å². The number of rotatable bonds is 18. The molecule has 2 aromatic rings. The van der Waals surface area contributed by atoms with Gasteiger partial charge in [-0.1, -0.05) is 94.8 Å². The lowest BCUT2D eigenvalue weighted by Crippen LogP contribution is -2.29. The smallest absolute Gasteiger partial charge is 0.267 e. The van der Waals surface area contributed by atoms with E-state index in [1.165, 1.54) is 67.5 Å². The molecule has 1 aliphatic rings. The Labute approximate surface area is 242 Å². The predicted octanol–water partition coefficient (Wildman–Crippen LogP) is 6.96. The van der Waals surface area contributed by atoms with Crippen LogP contribution in [0.4, 0.5) is 5.82 Å². The maximum absolute atomic E-state index is 13.5. The highest BCUT2D eigenvalue weighted by atomic mass is 32.2. The maximum Gasteiger partial charge on any atom is 0.267 e. The standard InChI is InChI=1S/C30H44N4O3S2/c1-4-6-7-8-9-10-11-12-13-14-19-34-29(36)25(39-30(34)38)22-24-26(31-18-16-21-37-5-2)32-27-23(3)17-15-20-33(27)28(24)35/h15,17,20,22,31H,4-14,16,18-19,21H2,1-3H3/b25-22+. The van der Waals surface area contributed by atoms with Crippen LogP contribution in [0, 0.1) is 6.92 Å². The molecule has 214 valence electrons. The number of pyridine rings is 1. The predicted molar refractivity (Wildman–Crippen MR) is 168 cm³/mol. The highest BCUT2D eigenvalue weighted by Crippen LogP contribution is 2.33. The SMILES string of the molecule is CCCCCCCCCCCCN1C(=O)/C(=C\c2c(NCCCOCC)nc3c(C)cccn3c2=O)SC1=S.